The third-order valence-corrected chi connectivity index (χ3v) is 4.73. The first-order valence-electron chi connectivity index (χ1n) is 9.10. The molecule has 148 valence electrons. The van der Waals surface area contributed by atoms with Crippen LogP contribution in [0.2, 0.25) is 0 Å². The lowest BCUT2D eigenvalue weighted by molar-refractivity contribution is -0.0456. The Kier molecular flexibility index (Phi) is 5.12. The molecule has 3 atom stereocenters. The lowest BCUT2D eigenvalue weighted by atomic mass is 10.2. The normalized spacial score (nSPS) is 21.9. The van der Waals surface area contributed by atoms with Crippen LogP contribution < -0.4 is 9.64 Å². The minimum Gasteiger partial charge on any atom is -0.460 e. The van der Waals surface area contributed by atoms with Gasteiger partial charge in [0.1, 0.15) is 25.3 Å². The van der Waals surface area contributed by atoms with Crippen molar-refractivity contribution in [3.63, 3.8) is 0 Å². The van der Waals surface area contributed by atoms with Crippen molar-refractivity contribution in [1.82, 2.24) is 19.5 Å². The summed E-state index contributed by atoms with van der Waals surface area (Å²) >= 11 is 0. The lowest BCUT2D eigenvalue weighted by Crippen LogP contribution is -2.24. The minimum absolute atomic E-state index is 0.261. The van der Waals surface area contributed by atoms with Crippen molar-refractivity contribution < 1.29 is 19.7 Å². The highest BCUT2D eigenvalue weighted by atomic mass is 16.6. The van der Waals surface area contributed by atoms with Crippen LogP contribution in [0.4, 0.5) is 5.82 Å². The fraction of sp³-hybridized carbons (Fsp3) is 0.421. The molecule has 0 amide bonds. The highest BCUT2D eigenvalue weighted by Gasteiger charge is 2.37. The number of fused-ring (bicyclic) bond motifs is 1. The Morgan fingerprint density at radius 1 is 1.25 bits per heavy atom. The van der Waals surface area contributed by atoms with Gasteiger partial charge < -0.3 is 24.6 Å². The zero-order chi connectivity index (χ0) is 19.7. The second-order valence-electron chi connectivity index (χ2n) is 6.92. The minimum atomic E-state index is -0.774. The summed E-state index contributed by atoms with van der Waals surface area (Å²) in [5.74, 6) is 0.658. The number of hydrogen-bond acceptors (Lipinski definition) is 8. The van der Waals surface area contributed by atoms with E-state index in [0.717, 1.165) is 5.56 Å². The topological polar surface area (TPSA) is 106 Å². The Balaban J connectivity index is 1.75. The molecule has 2 N–H and O–H groups in total. The fourth-order valence-electron chi connectivity index (χ4n) is 3.33. The molecule has 2 aromatic heterocycles. The van der Waals surface area contributed by atoms with E-state index in [2.05, 4.69) is 15.0 Å². The van der Waals surface area contributed by atoms with E-state index >= 15 is 0 Å². The van der Waals surface area contributed by atoms with Crippen LogP contribution in [0.5, 0.6) is 6.01 Å². The highest BCUT2D eigenvalue weighted by Crippen LogP contribution is 2.36. The molecule has 3 heterocycles. The first-order valence-corrected chi connectivity index (χ1v) is 9.10. The van der Waals surface area contributed by atoms with Crippen molar-refractivity contribution in [3.05, 3.63) is 42.2 Å². The molecule has 1 aromatic carbocycles. The van der Waals surface area contributed by atoms with Gasteiger partial charge in [-0.3, -0.25) is 4.57 Å². The number of aromatic nitrogens is 4. The van der Waals surface area contributed by atoms with Crippen LogP contribution in [0.25, 0.3) is 11.2 Å². The monoisotopic (exact) mass is 385 g/mol. The molecule has 3 aromatic rings. The molecular formula is C19H23N5O4. The predicted molar refractivity (Wildman–Crippen MR) is 102 cm³/mol. The first-order chi connectivity index (χ1) is 13.6. The Labute approximate surface area is 162 Å². The van der Waals surface area contributed by atoms with E-state index in [1.165, 1.54) is 6.33 Å². The molecule has 0 bridgehead atoms. The molecule has 1 fully saturated rings. The zero-order valence-corrected chi connectivity index (χ0v) is 15.8. The third kappa shape index (κ3) is 3.39. The van der Waals surface area contributed by atoms with Crippen molar-refractivity contribution in [3.8, 4) is 6.01 Å². The van der Waals surface area contributed by atoms with Crippen LogP contribution in [0.3, 0.4) is 0 Å². The number of hydrogen-bond donors (Lipinski definition) is 2. The van der Waals surface area contributed by atoms with Crippen molar-refractivity contribution in [1.29, 1.82) is 0 Å². The summed E-state index contributed by atoms with van der Waals surface area (Å²) in [5, 5.41) is 19.6. The lowest BCUT2D eigenvalue weighted by Gasteiger charge is -2.17. The number of anilines is 1. The van der Waals surface area contributed by atoms with E-state index in [0.29, 0.717) is 36.0 Å². The van der Waals surface area contributed by atoms with Gasteiger partial charge in [-0.1, -0.05) is 30.3 Å². The van der Waals surface area contributed by atoms with Gasteiger partial charge in [0, 0.05) is 20.5 Å². The number of aliphatic hydroxyl groups excluding tert-OH is 2. The Morgan fingerprint density at radius 3 is 2.71 bits per heavy atom. The molecule has 0 unspecified atom stereocenters. The summed E-state index contributed by atoms with van der Waals surface area (Å²) in [6, 6.07) is 10.1. The number of rotatable bonds is 6. The highest BCUT2D eigenvalue weighted by molar-refractivity contribution is 5.84. The van der Waals surface area contributed by atoms with E-state index in [1.54, 1.807) is 4.57 Å². The molecule has 0 radical (unpaired) electrons. The molecule has 1 aliphatic rings. The number of nitrogens with zero attached hydrogens (tertiary/aromatic N) is 5. The van der Waals surface area contributed by atoms with Crippen LogP contribution in [0.1, 0.15) is 18.2 Å². The number of ether oxygens (including phenoxy) is 2. The second-order valence-corrected chi connectivity index (χ2v) is 6.92. The van der Waals surface area contributed by atoms with Crippen LogP contribution in [-0.4, -0.2) is 62.6 Å². The van der Waals surface area contributed by atoms with Gasteiger partial charge in [0.2, 0.25) is 0 Å². The van der Waals surface area contributed by atoms with E-state index in [4.69, 9.17) is 9.47 Å². The average molecular weight is 385 g/mol. The first kappa shape index (κ1) is 18.6. The molecule has 9 heteroatoms. The predicted octanol–water partition coefficient (Wildman–Crippen LogP) is 1.11. The maximum Gasteiger partial charge on any atom is 0.301 e. The van der Waals surface area contributed by atoms with Crippen LogP contribution in [0.15, 0.2) is 36.7 Å². The summed E-state index contributed by atoms with van der Waals surface area (Å²) in [6.07, 6.45) is -0.206. The van der Waals surface area contributed by atoms with Crippen molar-refractivity contribution in [2.24, 2.45) is 0 Å². The molecule has 4 rings (SSSR count). The SMILES string of the molecule is CN(C)c1ncnc2c1nc(OCc1ccccc1)n2[C@H]1C[C@@H](O)[C@@H](CO)O1. The molecule has 1 saturated heterocycles. The second kappa shape index (κ2) is 7.70. The third-order valence-electron chi connectivity index (χ3n) is 4.73. The van der Waals surface area contributed by atoms with Crippen molar-refractivity contribution in [2.75, 3.05) is 25.6 Å². The average Bonchev–Trinajstić information content (AvgIpc) is 3.26. The molecule has 0 saturated carbocycles. The molecule has 9 nitrogen and oxygen atoms in total. The standard InChI is InChI=1S/C19H23N5O4/c1-23(2)17-16-18(21-11-20-17)24(15-8-13(26)14(9-25)28-15)19(22-16)27-10-12-6-4-3-5-7-12/h3-7,11,13-15,25-26H,8-10H2,1-2H3/t13-,14-,15-/m1/s1. The van der Waals surface area contributed by atoms with Crippen molar-refractivity contribution in [2.45, 2.75) is 31.5 Å². The molecule has 28 heavy (non-hydrogen) atoms. The largest absolute Gasteiger partial charge is 0.460 e. The van der Waals surface area contributed by atoms with Gasteiger partial charge in [0.15, 0.2) is 17.0 Å². The summed E-state index contributed by atoms with van der Waals surface area (Å²) in [4.78, 5) is 15.2. The molecular weight excluding hydrogens is 362 g/mol. The summed E-state index contributed by atoms with van der Waals surface area (Å²) in [7, 11) is 3.76. The van der Waals surface area contributed by atoms with E-state index in [9.17, 15) is 10.2 Å². The van der Waals surface area contributed by atoms with Gasteiger partial charge in [-0.05, 0) is 5.56 Å². The maximum absolute atomic E-state index is 10.2. The Bertz CT molecular complexity index is 946. The molecule has 0 aliphatic carbocycles. The van der Waals surface area contributed by atoms with Crippen LogP contribution in [-0.2, 0) is 11.3 Å². The van der Waals surface area contributed by atoms with Crippen LogP contribution >= 0.6 is 0 Å². The summed E-state index contributed by atoms with van der Waals surface area (Å²) in [5.41, 5.74) is 2.14. The smallest absolute Gasteiger partial charge is 0.301 e. The van der Waals surface area contributed by atoms with Crippen LogP contribution in [0, 0.1) is 0 Å². The van der Waals surface area contributed by atoms with Gasteiger partial charge in [0.05, 0.1) is 12.7 Å². The van der Waals surface area contributed by atoms with E-state index < -0.39 is 18.4 Å². The summed E-state index contributed by atoms with van der Waals surface area (Å²) in [6.45, 7) is 0.0655. The number of aliphatic hydroxyl groups is 2. The van der Waals surface area contributed by atoms with E-state index in [1.807, 2.05) is 49.3 Å². The van der Waals surface area contributed by atoms with Gasteiger partial charge in [-0.25, -0.2) is 9.97 Å². The Morgan fingerprint density at radius 2 is 2.04 bits per heavy atom. The van der Waals surface area contributed by atoms with Gasteiger partial charge in [-0.2, -0.15) is 4.98 Å². The fourth-order valence-corrected chi connectivity index (χ4v) is 3.33. The quantitative estimate of drug-likeness (QED) is 0.650. The zero-order valence-electron chi connectivity index (χ0n) is 15.8. The Hall–Kier alpha value is -2.75. The maximum atomic E-state index is 10.2. The van der Waals surface area contributed by atoms with Crippen molar-refractivity contribution >= 4 is 17.0 Å². The number of imidazole rings is 1. The number of benzene rings is 1. The van der Waals surface area contributed by atoms with Gasteiger partial charge >= 0.3 is 6.01 Å². The van der Waals surface area contributed by atoms with Gasteiger partial charge in [-0.15, -0.1) is 0 Å². The molecule has 0 spiro atoms. The van der Waals surface area contributed by atoms with E-state index in [-0.39, 0.29) is 6.61 Å². The summed E-state index contributed by atoms with van der Waals surface area (Å²) < 4.78 is 13.6. The van der Waals surface area contributed by atoms with Gasteiger partial charge in [0.25, 0.3) is 0 Å². The molecule has 1 aliphatic heterocycles.